The molecule has 0 aromatic heterocycles. The van der Waals surface area contributed by atoms with E-state index in [1.54, 1.807) is 5.57 Å². The fraction of sp³-hybridized carbons (Fsp3) is 0.609. The lowest BCUT2D eigenvalue weighted by molar-refractivity contribution is -0.121. The Labute approximate surface area is 163 Å². The van der Waals surface area contributed by atoms with Crippen LogP contribution in [0.5, 0.6) is 0 Å². The second kappa shape index (κ2) is 9.03. The Kier molecular flexibility index (Phi) is 6.25. The maximum Gasteiger partial charge on any atom is 0.220 e. The summed E-state index contributed by atoms with van der Waals surface area (Å²) in [6.45, 7) is 3.89. The summed E-state index contributed by atoms with van der Waals surface area (Å²) >= 11 is 0. The molecule has 0 bridgehead atoms. The van der Waals surface area contributed by atoms with Crippen molar-refractivity contribution in [3.8, 4) is 0 Å². The van der Waals surface area contributed by atoms with Crippen molar-refractivity contribution in [3.05, 3.63) is 41.0 Å². The van der Waals surface area contributed by atoms with Crippen LogP contribution in [0.2, 0.25) is 0 Å². The van der Waals surface area contributed by atoms with Gasteiger partial charge in [0.05, 0.1) is 12.6 Å². The van der Waals surface area contributed by atoms with Gasteiger partial charge in [-0.1, -0.05) is 42.3 Å². The molecule has 1 aliphatic carbocycles. The first-order valence-electron chi connectivity index (χ1n) is 10.7. The van der Waals surface area contributed by atoms with Crippen LogP contribution in [-0.2, 0) is 16.0 Å². The van der Waals surface area contributed by atoms with Crippen LogP contribution < -0.4 is 5.32 Å². The van der Waals surface area contributed by atoms with Gasteiger partial charge in [0.1, 0.15) is 0 Å². The normalized spacial score (nSPS) is 23.9. The Morgan fingerprint density at radius 1 is 1.15 bits per heavy atom. The van der Waals surface area contributed by atoms with Crippen molar-refractivity contribution in [2.24, 2.45) is 0 Å². The number of hydrogen-bond donors (Lipinski definition) is 1. The van der Waals surface area contributed by atoms with Crippen LogP contribution in [0.25, 0.3) is 6.08 Å². The second-order valence-electron chi connectivity index (χ2n) is 8.29. The number of nitrogens with one attached hydrogen (secondary N) is 1. The van der Waals surface area contributed by atoms with Crippen LogP contribution in [0.3, 0.4) is 0 Å². The van der Waals surface area contributed by atoms with Crippen LogP contribution >= 0.6 is 0 Å². The van der Waals surface area contributed by atoms with Crippen LogP contribution in [0.1, 0.15) is 56.1 Å². The monoisotopic (exact) mass is 368 g/mol. The first-order chi connectivity index (χ1) is 13.3. The van der Waals surface area contributed by atoms with Gasteiger partial charge in [0.25, 0.3) is 0 Å². The zero-order valence-electron chi connectivity index (χ0n) is 16.3. The Morgan fingerprint density at radius 2 is 1.93 bits per heavy atom. The molecule has 2 heterocycles. The second-order valence-corrected chi connectivity index (χ2v) is 8.29. The summed E-state index contributed by atoms with van der Waals surface area (Å²) in [4.78, 5) is 14.7. The molecule has 146 valence electrons. The number of benzene rings is 1. The van der Waals surface area contributed by atoms with Crippen LogP contribution in [0.4, 0.5) is 0 Å². The van der Waals surface area contributed by atoms with E-state index in [9.17, 15) is 4.79 Å². The van der Waals surface area contributed by atoms with Gasteiger partial charge in [-0.3, -0.25) is 9.69 Å². The highest BCUT2D eigenvalue weighted by molar-refractivity contribution is 5.76. The summed E-state index contributed by atoms with van der Waals surface area (Å²) in [6.07, 6.45) is 11.3. The summed E-state index contributed by atoms with van der Waals surface area (Å²) in [5, 5.41) is 3.06. The minimum Gasteiger partial charge on any atom is -0.379 e. The molecule has 1 amide bonds. The number of amides is 1. The number of rotatable bonds is 6. The summed E-state index contributed by atoms with van der Waals surface area (Å²) in [6, 6.07) is 9.82. The van der Waals surface area contributed by atoms with Crippen molar-refractivity contribution in [1.29, 1.82) is 0 Å². The lowest BCUT2D eigenvalue weighted by Crippen LogP contribution is -2.43. The first-order valence-corrected chi connectivity index (χ1v) is 10.7. The standard InChI is InChI=1S/C23H32N2O2/c26-23(24-21-12-15-27-17-21)9-8-18-4-6-19(7-5-18)16-20-10-13-25(14-11-20)22-2-1-3-22/h4-7,16,21-22H,1-3,8-15,17H2,(H,24,26). The van der Waals surface area contributed by atoms with Gasteiger partial charge in [-0.15, -0.1) is 0 Å². The molecular formula is C23H32N2O2. The Hall–Kier alpha value is -1.65. The molecule has 0 spiro atoms. The van der Waals surface area contributed by atoms with Crippen LogP contribution in [0.15, 0.2) is 29.8 Å². The van der Waals surface area contributed by atoms with Crippen molar-refractivity contribution in [1.82, 2.24) is 10.2 Å². The Morgan fingerprint density at radius 3 is 2.56 bits per heavy atom. The molecule has 3 aliphatic rings. The SMILES string of the molecule is O=C(CCc1ccc(C=C2CCN(C3CCC3)CC2)cc1)NC1CCOC1. The molecule has 0 radical (unpaired) electrons. The van der Waals surface area contributed by atoms with Crippen molar-refractivity contribution in [2.45, 2.75) is 63.5 Å². The largest absolute Gasteiger partial charge is 0.379 e. The van der Waals surface area contributed by atoms with Crippen molar-refractivity contribution >= 4 is 12.0 Å². The number of carbonyl (C=O) groups is 1. The molecule has 27 heavy (non-hydrogen) atoms. The maximum absolute atomic E-state index is 12.0. The quantitative estimate of drug-likeness (QED) is 0.835. The molecule has 4 nitrogen and oxygen atoms in total. The lowest BCUT2D eigenvalue weighted by Gasteiger charge is -2.40. The minimum absolute atomic E-state index is 0.134. The van der Waals surface area contributed by atoms with Crippen molar-refractivity contribution in [2.75, 3.05) is 26.3 Å². The van der Waals surface area contributed by atoms with Crippen LogP contribution in [-0.4, -0.2) is 49.2 Å². The van der Waals surface area contributed by atoms with E-state index in [-0.39, 0.29) is 11.9 Å². The van der Waals surface area contributed by atoms with E-state index in [0.29, 0.717) is 13.0 Å². The van der Waals surface area contributed by atoms with E-state index < -0.39 is 0 Å². The topological polar surface area (TPSA) is 41.6 Å². The van der Waals surface area contributed by atoms with Gasteiger partial charge in [-0.05, 0) is 49.7 Å². The highest BCUT2D eigenvalue weighted by Gasteiger charge is 2.26. The Bertz CT molecular complexity index is 647. The fourth-order valence-electron chi connectivity index (χ4n) is 4.29. The van der Waals surface area contributed by atoms with Crippen molar-refractivity contribution < 1.29 is 9.53 Å². The molecule has 1 aromatic rings. The number of likely N-dealkylation sites (tertiary alicyclic amines) is 1. The number of piperidine rings is 1. The van der Waals surface area contributed by atoms with Crippen molar-refractivity contribution in [3.63, 3.8) is 0 Å². The number of carbonyl (C=O) groups excluding carboxylic acids is 1. The molecule has 3 fully saturated rings. The van der Waals surface area contributed by atoms with Gasteiger partial charge in [0.15, 0.2) is 0 Å². The predicted molar refractivity (Wildman–Crippen MR) is 109 cm³/mol. The van der Waals surface area contributed by atoms with E-state index in [0.717, 1.165) is 25.5 Å². The van der Waals surface area contributed by atoms with E-state index in [1.165, 1.54) is 56.3 Å². The lowest BCUT2D eigenvalue weighted by atomic mass is 9.89. The minimum atomic E-state index is 0.134. The third kappa shape index (κ3) is 5.20. The molecule has 4 rings (SSSR count). The number of aryl methyl sites for hydroxylation is 1. The maximum atomic E-state index is 12.0. The number of nitrogens with zero attached hydrogens (tertiary/aromatic N) is 1. The van der Waals surface area contributed by atoms with E-state index in [1.807, 2.05) is 0 Å². The summed E-state index contributed by atoms with van der Waals surface area (Å²) in [5.74, 6) is 0.134. The van der Waals surface area contributed by atoms with Gasteiger partial charge in [0, 0.05) is 32.2 Å². The highest BCUT2D eigenvalue weighted by Crippen LogP contribution is 2.29. The van der Waals surface area contributed by atoms with Crippen LogP contribution in [0, 0.1) is 0 Å². The predicted octanol–water partition coefficient (Wildman–Crippen LogP) is 3.56. The van der Waals surface area contributed by atoms with Gasteiger partial charge >= 0.3 is 0 Å². The summed E-state index contributed by atoms with van der Waals surface area (Å²) in [7, 11) is 0. The molecule has 2 aliphatic heterocycles. The molecule has 2 saturated heterocycles. The molecule has 1 saturated carbocycles. The third-order valence-electron chi connectivity index (χ3n) is 6.32. The molecular weight excluding hydrogens is 336 g/mol. The first kappa shape index (κ1) is 18.7. The smallest absolute Gasteiger partial charge is 0.220 e. The average Bonchev–Trinajstić information content (AvgIpc) is 3.14. The number of hydrogen-bond acceptors (Lipinski definition) is 3. The van der Waals surface area contributed by atoms with E-state index >= 15 is 0 Å². The Balaban J connectivity index is 1.22. The van der Waals surface area contributed by atoms with Gasteiger partial charge in [0.2, 0.25) is 5.91 Å². The summed E-state index contributed by atoms with van der Waals surface area (Å²) in [5.41, 5.74) is 4.10. The van der Waals surface area contributed by atoms with Gasteiger partial charge < -0.3 is 10.1 Å². The van der Waals surface area contributed by atoms with E-state index in [2.05, 4.69) is 40.6 Å². The van der Waals surface area contributed by atoms with Gasteiger partial charge in [-0.25, -0.2) is 0 Å². The zero-order chi connectivity index (χ0) is 18.5. The van der Waals surface area contributed by atoms with E-state index in [4.69, 9.17) is 4.74 Å². The molecule has 1 aromatic carbocycles. The summed E-state index contributed by atoms with van der Waals surface area (Å²) < 4.78 is 5.30. The molecule has 4 heteroatoms. The van der Waals surface area contributed by atoms with Gasteiger partial charge in [-0.2, -0.15) is 0 Å². The zero-order valence-corrected chi connectivity index (χ0v) is 16.3. The number of ether oxygens (including phenoxy) is 1. The molecule has 1 unspecified atom stereocenters. The highest BCUT2D eigenvalue weighted by atomic mass is 16.5. The molecule has 1 N–H and O–H groups in total. The average molecular weight is 369 g/mol. The fourth-order valence-corrected chi connectivity index (χ4v) is 4.29. The third-order valence-corrected chi connectivity index (χ3v) is 6.32. The molecule has 1 atom stereocenters.